The largest absolute Gasteiger partial charge is 0.381 e. The summed E-state index contributed by atoms with van der Waals surface area (Å²) in [6.45, 7) is 0.832. The van der Waals surface area contributed by atoms with Gasteiger partial charge in [0, 0.05) is 11.3 Å². The van der Waals surface area contributed by atoms with E-state index < -0.39 is 0 Å². The minimum absolute atomic E-state index is 0.186. The van der Waals surface area contributed by atoms with E-state index in [0.717, 1.165) is 6.54 Å². The van der Waals surface area contributed by atoms with Gasteiger partial charge in [0.2, 0.25) is 0 Å². The Morgan fingerprint density at radius 1 is 1.69 bits per heavy atom. The smallest absolute Gasteiger partial charge is 0.285 e. The molecule has 0 atom stereocenters. The van der Waals surface area contributed by atoms with Crippen LogP contribution in [0.2, 0.25) is 5.02 Å². The lowest BCUT2D eigenvalue weighted by Crippen LogP contribution is -2.40. The number of H-pyrrole nitrogens is 1. The van der Waals surface area contributed by atoms with Crippen LogP contribution < -0.4 is 10.9 Å². The van der Waals surface area contributed by atoms with E-state index in [1.54, 1.807) is 6.20 Å². The van der Waals surface area contributed by atoms with E-state index in [1.807, 2.05) is 11.8 Å². The van der Waals surface area contributed by atoms with Crippen LogP contribution in [0.3, 0.4) is 0 Å². The fourth-order valence-corrected chi connectivity index (χ4v) is 2.86. The standard InChI is InChI=1S/C10H14ClN3OS/c1-16-10(3-2-4-10)6-12-7-5-13-14-9(15)8(7)11/h5H,2-4,6H2,1H3,(H2,12,14,15). The van der Waals surface area contributed by atoms with Crippen LogP contribution in [0.5, 0.6) is 0 Å². The van der Waals surface area contributed by atoms with Gasteiger partial charge in [0.25, 0.3) is 5.56 Å². The second-order valence-electron chi connectivity index (χ2n) is 4.02. The van der Waals surface area contributed by atoms with E-state index in [0.29, 0.717) is 10.4 Å². The summed E-state index contributed by atoms with van der Waals surface area (Å²) in [5.74, 6) is 0. The molecule has 1 aliphatic rings. The molecular weight excluding hydrogens is 246 g/mol. The van der Waals surface area contributed by atoms with E-state index in [-0.39, 0.29) is 10.6 Å². The molecule has 0 aromatic carbocycles. The highest BCUT2D eigenvalue weighted by molar-refractivity contribution is 8.00. The molecule has 1 aromatic heterocycles. The molecule has 6 heteroatoms. The van der Waals surface area contributed by atoms with Gasteiger partial charge in [-0.25, -0.2) is 5.10 Å². The monoisotopic (exact) mass is 259 g/mol. The number of aromatic nitrogens is 2. The Balaban J connectivity index is 2.04. The van der Waals surface area contributed by atoms with Crippen molar-refractivity contribution in [2.24, 2.45) is 0 Å². The molecule has 1 heterocycles. The highest BCUT2D eigenvalue weighted by atomic mass is 35.5. The quantitative estimate of drug-likeness (QED) is 0.870. The number of aromatic amines is 1. The minimum Gasteiger partial charge on any atom is -0.381 e. The lowest BCUT2D eigenvalue weighted by Gasteiger charge is -2.40. The molecule has 2 N–H and O–H groups in total. The predicted molar refractivity (Wildman–Crippen MR) is 68.5 cm³/mol. The Kier molecular flexibility index (Phi) is 3.44. The first-order valence-electron chi connectivity index (χ1n) is 5.19. The van der Waals surface area contributed by atoms with Gasteiger partial charge < -0.3 is 5.32 Å². The molecule has 0 radical (unpaired) electrons. The van der Waals surface area contributed by atoms with Gasteiger partial charge in [-0.15, -0.1) is 0 Å². The number of hydrogen-bond donors (Lipinski definition) is 2. The van der Waals surface area contributed by atoms with Crippen molar-refractivity contribution < 1.29 is 0 Å². The van der Waals surface area contributed by atoms with Crippen molar-refractivity contribution in [2.45, 2.75) is 24.0 Å². The van der Waals surface area contributed by atoms with Crippen LogP contribution in [0.15, 0.2) is 11.0 Å². The third-order valence-corrected chi connectivity index (χ3v) is 4.89. The number of thioether (sulfide) groups is 1. The number of anilines is 1. The maximum Gasteiger partial charge on any atom is 0.285 e. The summed E-state index contributed by atoms with van der Waals surface area (Å²) in [7, 11) is 0. The third kappa shape index (κ3) is 2.20. The van der Waals surface area contributed by atoms with Crippen molar-refractivity contribution in [1.29, 1.82) is 0 Å². The molecule has 1 saturated carbocycles. The molecule has 16 heavy (non-hydrogen) atoms. The van der Waals surface area contributed by atoms with Crippen LogP contribution in [0, 0.1) is 0 Å². The van der Waals surface area contributed by atoms with Gasteiger partial charge in [-0.3, -0.25) is 4.79 Å². The zero-order valence-electron chi connectivity index (χ0n) is 9.05. The summed E-state index contributed by atoms with van der Waals surface area (Å²) in [6, 6.07) is 0. The topological polar surface area (TPSA) is 57.8 Å². The van der Waals surface area contributed by atoms with Gasteiger partial charge in [0.15, 0.2) is 0 Å². The molecule has 0 aliphatic heterocycles. The van der Waals surface area contributed by atoms with Gasteiger partial charge in [-0.2, -0.15) is 16.9 Å². The van der Waals surface area contributed by atoms with Crippen molar-refractivity contribution in [3.8, 4) is 0 Å². The molecule has 0 unspecified atom stereocenters. The number of nitrogens with zero attached hydrogens (tertiary/aromatic N) is 1. The summed E-state index contributed by atoms with van der Waals surface area (Å²) in [4.78, 5) is 11.2. The highest BCUT2D eigenvalue weighted by Crippen LogP contribution is 2.42. The van der Waals surface area contributed by atoms with Crippen molar-refractivity contribution in [1.82, 2.24) is 10.2 Å². The van der Waals surface area contributed by atoms with Crippen LogP contribution in [-0.2, 0) is 0 Å². The fourth-order valence-electron chi connectivity index (χ4n) is 1.79. The molecule has 2 rings (SSSR count). The summed E-state index contributed by atoms with van der Waals surface area (Å²) in [5, 5.41) is 9.42. The lowest BCUT2D eigenvalue weighted by molar-refractivity contribution is 0.380. The Labute approximate surface area is 103 Å². The van der Waals surface area contributed by atoms with Crippen molar-refractivity contribution in [3.63, 3.8) is 0 Å². The average Bonchev–Trinajstić information content (AvgIpc) is 2.23. The summed E-state index contributed by atoms with van der Waals surface area (Å²) in [6.07, 6.45) is 7.39. The van der Waals surface area contributed by atoms with Crippen molar-refractivity contribution in [2.75, 3.05) is 18.1 Å². The molecule has 1 fully saturated rings. The highest BCUT2D eigenvalue weighted by Gasteiger charge is 2.35. The molecule has 0 amide bonds. The second kappa shape index (κ2) is 4.67. The molecule has 1 aliphatic carbocycles. The van der Waals surface area contributed by atoms with E-state index in [2.05, 4.69) is 21.8 Å². The zero-order chi connectivity index (χ0) is 11.6. The van der Waals surface area contributed by atoms with E-state index in [1.165, 1.54) is 19.3 Å². The zero-order valence-corrected chi connectivity index (χ0v) is 10.6. The fraction of sp³-hybridized carbons (Fsp3) is 0.600. The summed E-state index contributed by atoms with van der Waals surface area (Å²) >= 11 is 7.75. The van der Waals surface area contributed by atoms with Crippen molar-refractivity contribution >= 4 is 29.1 Å². The van der Waals surface area contributed by atoms with Crippen LogP contribution in [0.4, 0.5) is 5.69 Å². The van der Waals surface area contributed by atoms with Gasteiger partial charge in [0.1, 0.15) is 5.02 Å². The normalized spacial score (nSPS) is 17.9. The predicted octanol–water partition coefficient (Wildman–Crippen LogP) is 2.12. The first kappa shape index (κ1) is 11.8. The number of rotatable bonds is 4. The van der Waals surface area contributed by atoms with Crippen LogP contribution in [-0.4, -0.2) is 27.7 Å². The van der Waals surface area contributed by atoms with Gasteiger partial charge in [0.05, 0.1) is 11.9 Å². The molecule has 0 spiro atoms. The maximum atomic E-state index is 11.2. The summed E-state index contributed by atoms with van der Waals surface area (Å²) in [5.41, 5.74) is 0.268. The lowest BCUT2D eigenvalue weighted by atomic mass is 9.84. The number of halogens is 1. The van der Waals surface area contributed by atoms with E-state index in [9.17, 15) is 4.79 Å². The number of hydrogen-bond acceptors (Lipinski definition) is 4. The first-order chi connectivity index (χ1) is 7.67. The summed E-state index contributed by atoms with van der Waals surface area (Å²) < 4.78 is 0.311. The Bertz CT molecular complexity index is 425. The Morgan fingerprint density at radius 2 is 2.44 bits per heavy atom. The molecule has 88 valence electrons. The molecule has 0 saturated heterocycles. The molecular formula is C10H14ClN3OS. The maximum absolute atomic E-state index is 11.2. The van der Waals surface area contributed by atoms with E-state index >= 15 is 0 Å². The Morgan fingerprint density at radius 3 is 3.00 bits per heavy atom. The number of nitrogens with one attached hydrogen (secondary N) is 2. The van der Waals surface area contributed by atoms with Crippen LogP contribution in [0.1, 0.15) is 19.3 Å². The van der Waals surface area contributed by atoms with Gasteiger partial charge in [-0.1, -0.05) is 18.0 Å². The van der Waals surface area contributed by atoms with Crippen LogP contribution >= 0.6 is 23.4 Å². The third-order valence-electron chi connectivity index (χ3n) is 3.09. The SMILES string of the molecule is CSC1(CNc2cn[nH]c(=O)c2Cl)CCC1. The van der Waals surface area contributed by atoms with Crippen LogP contribution in [0.25, 0.3) is 0 Å². The second-order valence-corrected chi connectivity index (χ2v) is 5.67. The molecule has 0 bridgehead atoms. The first-order valence-corrected chi connectivity index (χ1v) is 6.79. The minimum atomic E-state index is -0.349. The molecule has 1 aromatic rings. The molecule has 4 nitrogen and oxygen atoms in total. The Hall–Kier alpha value is -0.680. The van der Waals surface area contributed by atoms with Gasteiger partial charge >= 0.3 is 0 Å². The van der Waals surface area contributed by atoms with Crippen molar-refractivity contribution in [3.05, 3.63) is 21.6 Å². The van der Waals surface area contributed by atoms with Gasteiger partial charge in [-0.05, 0) is 19.1 Å². The average molecular weight is 260 g/mol. The van der Waals surface area contributed by atoms with E-state index in [4.69, 9.17) is 11.6 Å².